The lowest BCUT2D eigenvalue weighted by molar-refractivity contribution is -0.116. The molecule has 0 bridgehead atoms. The second-order valence-corrected chi connectivity index (χ2v) is 6.19. The highest BCUT2D eigenvalue weighted by Gasteiger charge is 2.14. The summed E-state index contributed by atoms with van der Waals surface area (Å²) in [6.45, 7) is 5.67. The Morgan fingerprint density at radius 1 is 1.20 bits per heavy atom. The molecule has 3 rings (SSSR count). The molecule has 7 heteroatoms. The third-order valence-corrected chi connectivity index (χ3v) is 3.83. The van der Waals surface area contributed by atoms with Crippen LogP contribution in [0, 0.1) is 0 Å². The molecule has 0 aliphatic carbocycles. The largest absolute Gasteiger partial charge is 0.367 e. The van der Waals surface area contributed by atoms with Crippen molar-refractivity contribution >= 4 is 29.0 Å². The van der Waals surface area contributed by atoms with Crippen molar-refractivity contribution in [3.63, 3.8) is 0 Å². The normalized spacial score (nSPS) is 10.9. The van der Waals surface area contributed by atoms with Crippen LogP contribution < -0.4 is 15.5 Å². The molecule has 7 nitrogen and oxygen atoms in total. The van der Waals surface area contributed by atoms with E-state index in [2.05, 4.69) is 39.4 Å². The Kier molecular flexibility index (Phi) is 4.56. The van der Waals surface area contributed by atoms with Crippen LogP contribution in [0.2, 0.25) is 0 Å². The SMILES string of the molecule is CC(=O)N(C)c1ccc(Nc2nc(NC(C)C)c3ccnc-3[nH]2)cc1. The smallest absolute Gasteiger partial charge is 0.223 e. The van der Waals surface area contributed by atoms with E-state index in [0.29, 0.717) is 5.95 Å². The molecular weight excluding hydrogens is 316 g/mol. The van der Waals surface area contributed by atoms with Crippen molar-refractivity contribution in [3.05, 3.63) is 36.5 Å². The Morgan fingerprint density at radius 3 is 2.56 bits per heavy atom. The molecule has 0 spiro atoms. The van der Waals surface area contributed by atoms with Gasteiger partial charge in [-0.1, -0.05) is 0 Å². The van der Waals surface area contributed by atoms with Crippen LogP contribution in [0.15, 0.2) is 36.5 Å². The van der Waals surface area contributed by atoms with Crippen molar-refractivity contribution in [2.24, 2.45) is 0 Å². The number of benzene rings is 1. The van der Waals surface area contributed by atoms with Crippen molar-refractivity contribution in [2.75, 3.05) is 22.6 Å². The Bertz CT molecular complexity index is 839. The van der Waals surface area contributed by atoms with Gasteiger partial charge in [-0.3, -0.25) is 4.79 Å². The number of fused-ring (bicyclic) bond motifs is 1. The summed E-state index contributed by atoms with van der Waals surface area (Å²) in [5, 5.41) is 6.59. The number of rotatable bonds is 5. The lowest BCUT2D eigenvalue weighted by atomic mass is 10.2. The lowest BCUT2D eigenvalue weighted by Crippen LogP contribution is -2.22. The Balaban J connectivity index is 1.85. The monoisotopic (exact) mass is 338 g/mol. The van der Waals surface area contributed by atoms with Crippen molar-refractivity contribution < 1.29 is 4.79 Å². The third-order valence-electron chi connectivity index (χ3n) is 3.83. The molecule has 0 saturated carbocycles. The third kappa shape index (κ3) is 3.71. The summed E-state index contributed by atoms with van der Waals surface area (Å²) in [4.78, 5) is 25.1. The maximum atomic E-state index is 11.4. The van der Waals surface area contributed by atoms with E-state index in [9.17, 15) is 4.79 Å². The molecule has 2 heterocycles. The second kappa shape index (κ2) is 6.80. The first-order valence-corrected chi connectivity index (χ1v) is 8.16. The van der Waals surface area contributed by atoms with Gasteiger partial charge in [0, 0.05) is 37.6 Å². The molecule has 2 aliphatic heterocycles. The van der Waals surface area contributed by atoms with Gasteiger partial charge in [0.25, 0.3) is 0 Å². The summed E-state index contributed by atoms with van der Waals surface area (Å²) in [5.74, 6) is 2.15. The highest BCUT2D eigenvalue weighted by molar-refractivity contribution is 5.91. The number of H-pyrrole nitrogens is 1. The highest BCUT2D eigenvalue weighted by atomic mass is 16.2. The number of nitrogens with one attached hydrogen (secondary N) is 3. The maximum absolute atomic E-state index is 11.4. The van der Waals surface area contributed by atoms with Crippen molar-refractivity contribution in [2.45, 2.75) is 26.8 Å². The van der Waals surface area contributed by atoms with Gasteiger partial charge in [0.15, 0.2) is 0 Å². The van der Waals surface area contributed by atoms with Crippen LogP contribution in [-0.2, 0) is 4.79 Å². The van der Waals surface area contributed by atoms with E-state index < -0.39 is 0 Å². The van der Waals surface area contributed by atoms with E-state index in [4.69, 9.17) is 0 Å². The number of amides is 1. The fraction of sp³-hybridized carbons (Fsp3) is 0.278. The number of carbonyl (C=O) groups excluding carboxylic acids is 1. The number of hydrogen-bond acceptors (Lipinski definition) is 5. The average Bonchev–Trinajstić information content (AvgIpc) is 3.03. The van der Waals surface area contributed by atoms with Gasteiger partial charge in [-0.15, -0.1) is 0 Å². The molecule has 3 N–H and O–H groups in total. The molecule has 1 amide bonds. The topological polar surface area (TPSA) is 85.9 Å². The summed E-state index contributed by atoms with van der Waals surface area (Å²) < 4.78 is 0. The van der Waals surface area contributed by atoms with Crippen LogP contribution in [0.3, 0.4) is 0 Å². The number of aromatic nitrogens is 3. The van der Waals surface area contributed by atoms with Crippen LogP contribution in [0.1, 0.15) is 20.8 Å². The number of hydrogen-bond donors (Lipinski definition) is 3. The molecule has 0 fully saturated rings. The number of carbonyl (C=O) groups is 1. The van der Waals surface area contributed by atoms with E-state index >= 15 is 0 Å². The summed E-state index contributed by atoms with van der Waals surface area (Å²) >= 11 is 0. The summed E-state index contributed by atoms with van der Waals surface area (Å²) in [7, 11) is 1.75. The molecule has 130 valence electrons. The lowest BCUT2D eigenvalue weighted by Gasteiger charge is -2.17. The van der Waals surface area contributed by atoms with Crippen LogP contribution in [-0.4, -0.2) is 33.9 Å². The predicted molar refractivity (Wildman–Crippen MR) is 101 cm³/mol. The van der Waals surface area contributed by atoms with Crippen molar-refractivity contribution in [1.82, 2.24) is 15.0 Å². The van der Waals surface area contributed by atoms with E-state index in [1.807, 2.05) is 30.3 Å². The standard InChI is InChI=1S/C18H22N6O/c1-11(2)20-17-15-9-10-19-16(15)22-18(23-17)21-13-5-7-14(8-6-13)24(4)12(3)25/h5-11H,1-4H3,(H3,19,20,21,22,23). The molecule has 2 aliphatic rings. The second-order valence-electron chi connectivity index (χ2n) is 6.19. The van der Waals surface area contributed by atoms with Gasteiger partial charge < -0.3 is 20.5 Å². The van der Waals surface area contributed by atoms with Gasteiger partial charge in [0.2, 0.25) is 11.9 Å². The number of aromatic amines is 1. The first-order valence-electron chi connectivity index (χ1n) is 8.16. The zero-order valence-electron chi connectivity index (χ0n) is 14.8. The van der Waals surface area contributed by atoms with Crippen LogP contribution in [0.5, 0.6) is 0 Å². The Morgan fingerprint density at radius 2 is 1.92 bits per heavy atom. The van der Waals surface area contributed by atoms with Gasteiger partial charge in [-0.2, -0.15) is 4.98 Å². The summed E-state index contributed by atoms with van der Waals surface area (Å²) in [6.07, 6.45) is 1.75. The van der Waals surface area contributed by atoms with Crippen LogP contribution >= 0.6 is 0 Å². The zero-order valence-corrected chi connectivity index (χ0v) is 14.8. The molecule has 0 atom stereocenters. The van der Waals surface area contributed by atoms with Gasteiger partial charge in [-0.05, 0) is 44.2 Å². The average molecular weight is 338 g/mol. The van der Waals surface area contributed by atoms with Gasteiger partial charge >= 0.3 is 0 Å². The first-order chi connectivity index (χ1) is 11.9. The van der Waals surface area contributed by atoms with Crippen LogP contribution in [0.4, 0.5) is 23.1 Å². The van der Waals surface area contributed by atoms with Gasteiger partial charge in [0.05, 0.1) is 5.56 Å². The van der Waals surface area contributed by atoms with Gasteiger partial charge in [-0.25, -0.2) is 4.98 Å². The molecule has 0 unspecified atom stereocenters. The van der Waals surface area contributed by atoms with E-state index in [1.54, 1.807) is 18.1 Å². The van der Waals surface area contributed by atoms with Crippen molar-refractivity contribution in [1.29, 1.82) is 0 Å². The fourth-order valence-electron chi connectivity index (χ4n) is 2.47. The summed E-state index contributed by atoms with van der Waals surface area (Å²) in [6, 6.07) is 9.78. The van der Waals surface area contributed by atoms with E-state index in [-0.39, 0.29) is 11.9 Å². The number of nitrogens with zero attached hydrogens (tertiary/aromatic N) is 3. The molecule has 1 aromatic rings. The first kappa shape index (κ1) is 16.8. The van der Waals surface area contributed by atoms with Gasteiger partial charge in [0.1, 0.15) is 11.6 Å². The molecule has 25 heavy (non-hydrogen) atoms. The number of anilines is 4. The molecule has 0 saturated heterocycles. The molecule has 0 radical (unpaired) electrons. The zero-order chi connectivity index (χ0) is 18.0. The van der Waals surface area contributed by atoms with Crippen LogP contribution in [0.25, 0.3) is 11.4 Å². The summed E-state index contributed by atoms with van der Waals surface area (Å²) in [5.41, 5.74) is 2.66. The highest BCUT2D eigenvalue weighted by Crippen LogP contribution is 2.29. The molecule has 1 aromatic carbocycles. The molecular formula is C18H22N6O. The Hall–Kier alpha value is -3.09. The predicted octanol–water partition coefficient (Wildman–Crippen LogP) is 3.46. The minimum absolute atomic E-state index is 0.00663. The maximum Gasteiger partial charge on any atom is 0.223 e. The van der Waals surface area contributed by atoms with E-state index in [1.165, 1.54) is 6.92 Å². The minimum atomic E-state index is -0.00663. The minimum Gasteiger partial charge on any atom is -0.367 e. The van der Waals surface area contributed by atoms with E-state index in [0.717, 1.165) is 28.6 Å². The fourth-order valence-corrected chi connectivity index (χ4v) is 2.47. The quantitative estimate of drug-likeness (QED) is 0.663. The van der Waals surface area contributed by atoms with Crippen molar-refractivity contribution in [3.8, 4) is 11.4 Å². The Labute approximate surface area is 146 Å². The molecule has 0 aromatic heterocycles.